The molecule has 0 radical (unpaired) electrons. The summed E-state index contributed by atoms with van der Waals surface area (Å²) in [5, 5.41) is 21.4. The zero-order chi connectivity index (χ0) is 21.8. The van der Waals surface area contributed by atoms with Crippen LogP contribution >= 0.6 is 10.9 Å². The molecule has 0 saturated carbocycles. The summed E-state index contributed by atoms with van der Waals surface area (Å²) in [7, 11) is -0.663. The van der Waals surface area contributed by atoms with E-state index in [1.807, 2.05) is 36.4 Å². The van der Waals surface area contributed by atoms with E-state index >= 15 is 0 Å². The Kier molecular flexibility index (Phi) is 4.34. The van der Waals surface area contributed by atoms with Crippen molar-refractivity contribution in [3.8, 4) is 5.75 Å². The van der Waals surface area contributed by atoms with Crippen molar-refractivity contribution < 1.29 is 9.90 Å². The maximum Gasteiger partial charge on any atom is 0.172 e. The molecule has 3 heteroatoms. The Hall–Kier alpha value is -3.56. The van der Waals surface area contributed by atoms with E-state index in [0.717, 1.165) is 32.5 Å². The summed E-state index contributed by atoms with van der Waals surface area (Å²) in [6.45, 7) is 2.06. The second kappa shape index (κ2) is 7.25. The number of benzene rings is 5. The van der Waals surface area contributed by atoms with E-state index in [1.54, 1.807) is 0 Å². The van der Waals surface area contributed by atoms with Gasteiger partial charge < -0.3 is 5.11 Å². The predicted molar refractivity (Wildman–Crippen MR) is 138 cm³/mol. The number of allylic oxidation sites excluding steroid dienone is 2. The first-order chi connectivity index (χ1) is 15.6. The van der Waals surface area contributed by atoms with Gasteiger partial charge in [-0.3, -0.25) is 4.79 Å². The van der Waals surface area contributed by atoms with Gasteiger partial charge in [0.2, 0.25) is 0 Å². The number of rotatable bonds is 4. The van der Waals surface area contributed by atoms with E-state index in [9.17, 15) is 9.90 Å². The van der Waals surface area contributed by atoms with Crippen LogP contribution in [0.4, 0.5) is 0 Å². The number of thiol groups is 1. The number of phenolic OH excluding ortho intramolecular Hbond substituents is 1. The molecule has 5 aromatic carbocycles. The third-order valence-corrected chi connectivity index (χ3v) is 8.24. The third kappa shape index (κ3) is 2.93. The van der Waals surface area contributed by atoms with Gasteiger partial charge in [-0.05, 0) is 74.2 Å². The molecular formula is C29H22O2S. The topological polar surface area (TPSA) is 37.3 Å². The van der Waals surface area contributed by atoms with Crippen LogP contribution in [0.2, 0.25) is 0 Å². The average Bonchev–Trinajstić information content (AvgIpc) is 3.28. The average molecular weight is 435 g/mol. The molecule has 0 amide bonds. The van der Waals surface area contributed by atoms with Crippen LogP contribution in [0.5, 0.6) is 5.75 Å². The Labute approximate surface area is 189 Å². The van der Waals surface area contributed by atoms with Crippen molar-refractivity contribution in [3.05, 3.63) is 106 Å². The van der Waals surface area contributed by atoms with Crippen LogP contribution < -0.4 is 0 Å². The molecule has 1 unspecified atom stereocenters. The summed E-state index contributed by atoms with van der Waals surface area (Å²) in [5.41, 5.74) is 4.09. The fourth-order valence-electron chi connectivity index (χ4n) is 4.85. The zero-order valence-corrected chi connectivity index (χ0v) is 18.6. The largest absolute Gasteiger partial charge is 0.507 e. The highest BCUT2D eigenvalue weighted by molar-refractivity contribution is 8.23. The van der Waals surface area contributed by atoms with E-state index in [0.29, 0.717) is 16.7 Å². The fourth-order valence-corrected chi connectivity index (χ4v) is 6.58. The SMILES string of the molecule is Cc1ccc2ccc3ccc(C(=O)C[SH]4C=CC(c5ccccc5)=C4)c4c(O)cc1c2c34. The van der Waals surface area contributed by atoms with Gasteiger partial charge in [0.15, 0.2) is 5.78 Å². The van der Waals surface area contributed by atoms with Crippen molar-refractivity contribution in [2.24, 2.45) is 0 Å². The molecular weight excluding hydrogens is 412 g/mol. The molecule has 1 atom stereocenters. The molecule has 32 heavy (non-hydrogen) atoms. The molecule has 0 aliphatic carbocycles. The molecule has 6 rings (SSSR count). The number of Topliss-reactive ketones (excluding diaryl/α,β-unsaturated/α-hetero) is 1. The molecule has 5 aromatic rings. The Balaban J connectivity index is 1.44. The van der Waals surface area contributed by atoms with Crippen molar-refractivity contribution in [1.82, 2.24) is 0 Å². The number of carbonyl (C=O) groups is 1. The van der Waals surface area contributed by atoms with Gasteiger partial charge in [-0.25, -0.2) is 10.9 Å². The van der Waals surface area contributed by atoms with Gasteiger partial charge in [0, 0.05) is 22.1 Å². The highest BCUT2D eigenvalue weighted by atomic mass is 32.2. The van der Waals surface area contributed by atoms with E-state index in [2.05, 4.69) is 60.2 Å². The van der Waals surface area contributed by atoms with E-state index in [4.69, 9.17) is 0 Å². The molecule has 2 nitrogen and oxygen atoms in total. The number of hydrogen-bond acceptors (Lipinski definition) is 2. The van der Waals surface area contributed by atoms with Crippen LogP contribution in [0.25, 0.3) is 37.9 Å². The molecule has 1 N–H and O–H groups in total. The van der Waals surface area contributed by atoms with Gasteiger partial charge in [0.1, 0.15) is 5.75 Å². The van der Waals surface area contributed by atoms with Crippen LogP contribution in [0.3, 0.4) is 0 Å². The summed E-state index contributed by atoms with van der Waals surface area (Å²) >= 11 is 0. The summed E-state index contributed by atoms with van der Waals surface area (Å²) in [6.07, 6.45) is 2.12. The smallest absolute Gasteiger partial charge is 0.172 e. The number of carbonyl (C=O) groups excluding carboxylic acids is 1. The minimum Gasteiger partial charge on any atom is -0.507 e. The van der Waals surface area contributed by atoms with E-state index < -0.39 is 10.9 Å². The van der Waals surface area contributed by atoms with Crippen LogP contribution in [0.1, 0.15) is 21.5 Å². The van der Waals surface area contributed by atoms with Crippen LogP contribution in [-0.2, 0) is 0 Å². The van der Waals surface area contributed by atoms with Gasteiger partial charge in [-0.2, -0.15) is 0 Å². The monoisotopic (exact) mass is 434 g/mol. The van der Waals surface area contributed by atoms with E-state index in [1.165, 1.54) is 11.1 Å². The minimum absolute atomic E-state index is 0.0799. The first kappa shape index (κ1) is 19.1. The zero-order valence-electron chi connectivity index (χ0n) is 17.7. The second-order valence-electron chi connectivity index (χ2n) is 8.44. The molecule has 0 spiro atoms. The highest BCUT2D eigenvalue weighted by Crippen LogP contribution is 2.44. The van der Waals surface area contributed by atoms with Crippen molar-refractivity contribution >= 4 is 54.6 Å². The molecule has 156 valence electrons. The quantitative estimate of drug-likeness (QED) is 0.176. The van der Waals surface area contributed by atoms with Crippen molar-refractivity contribution in [1.29, 1.82) is 0 Å². The molecule has 0 saturated heterocycles. The first-order valence-corrected chi connectivity index (χ1v) is 12.4. The van der Waals surface area contributed by atoms with Gasteiger partial charge >= 0.3 is 0 Å². The highest BCUT2D eigenvalue weighted by Gasteiger charge is 2.21. The number of aromatic hydroxyl groups is 1. The Bertz CT molecular complexity index is 1580. The lowest BCUT2D eigenvalue weighted by Gasteiger charge is -2.17. The maximum atomic E-state index is 13.5. The number of aryl methyl sites for hydroxylation is 1. The van der Waals surface area contributed by atoms with Crippen LogP contribution in [0, 0.1) is 6.92 Å². The lowest BCUT2D eigenvalue weighted by atomic mass is 9.89. The summed E-state index contributed by atoms with van der Waals surface area (Å²) < 4.78 is 0. The molecule has 0 aromatic heterocycles. The van der Waals surface area contributed by atoms with Gasteiger partial charge in [-0.1, -0.05) is 60.7 Å². The maximum absolute atomic E-state index is 13.5. The number of phenols is 1. The minimum atomic E-state index is -0.663. The molecule has 0 bridgehead atoms. The second-order valence-corrected chi connectivity index (χ2v) is 10.3. The molecule has 1 aliphatic heterocycles. The lowest BCUT2D eigenvalue weighted by Crippen LogP contribution is -2.05. The van der Waals surface area contributed by atoms with Gasteiger partial charge in [-0.15, -0.1) is 0 Å². The summed E-state index contributed by atoms with van der Waals surface area (Å²) in [6, 6.07) is 24.4. The Morgan fingerprint density at radius 2 is 1.59 bits per heavy atom. The summed E-state index contributed by atoms with van der Waals surface area (Å²) in [5.74, 6) is 0.713. The standard InChI is InChI=1S/C29H22O2S/c1-18-7-8-20-9-10-21-11-12-23(29-25(30)15-24(18)27(20)28(21)29)26(31)17-32-14-13-22(16-32)19-5-3-2-4-6-19/h2-16,30,32H,17H2,1H3. The first-order valence-electron chi connectivity index (χ1n) is 10.7. The van der Waals surface area contributed by atoms with Crippen molar-refractivity contribution in [2.75, 3.05) is 5.75 Å². The van der Waals surface area contributed by atoms with Crippen molar-refractivity contribution in [2.45, 2.75) is 6.92 Å². The van der Waals surface area contributed by atoms with E-state index in [-0.39, 0.29) is 11.5 Å². The fraction of sp³-hybridized carbons (Fsp3) is 0.0690. The summed E-state index contributed by atoms with van der Waals surface area (Å²) in [4.78, 5) is 13.5. The predicted octanol–water partition coefficient (Wildman–Crippen LogP) is 7.35. The van der Waals surface area contributed by atoms with Crippen LogP contribution in [-0.4, -0.2) is 16.6 Å². The molecule has 1 heterocycles. The lowest BCUT2D eigenvalue weighted by molar-refractivity contribution is 0.102. The van der Waals surface area contributed by atoms with Crippen LogP contribution in [0.15, 0.2) is 89.7 Å². The van der Waals surface area contributed by atoms with Crippen molar-refractivity contribution in [3.63, 3.8) is 0 Å². The molecule has 1 aliphatic rings. The number of ketones is 1. The Morgan fingerprint density at radius 3 is 2.41 bits per heavy atom. The van der Waals surface area contributed by atoms with Gasteiger partial charge in [0.25, 0.3) is 0 Å². The normalized spacial score (nSPS) is 16.9. The van der Waals surface area contributed by atoms with Gasteiger partial charge in [0.05, 0.1) is 0 Å². The molecule has 0 fully saturated rings. The number of hydrogen-bond donors (Lipinski definition) is 2. The third-order valence-electron chi connectivity index (χ3n) is 6.45. The Morgan fingerprint density at radius 1 is 0.875 bits per heavy atom.